The summed E-state index contributed by atoms with van der Waals surface area (Å²) in [6, 6.07) is 7.95. The van der Waals surface area contributed by atoms with Gasteiger partial charge in [0.25, 0.3) is 5.91 Å². The first-order valence-electron chi connectivity index (χ1n) is 8.13. The molecule has 1 aromatic heterocycles. The van der Waals surface area contributed by atoms with E-state index in [-0.39, 0.29) is 11.9 Å². The van der Waals surface area contributed by atoms with Crippen LogP contribution >= 0.6 is 0 Å². The number of carbonyl (C=O) groups is 1. The minimum absolute atomic E-state index is 0.132. The fraction of sp³-hybridized carbons (Fsp3) is 0.500. The zero-order valence-electron chi connectivity index (χ0n) is 15.0. The maximum Gasteiger partial charge on any atom is 0.336 e. The summed E-state index contributed by atoms with van der Waals surface area (Å²) in [5.74, 6) is 0.368. The maximum absolute atomic E-state index is 12.7. The fourth-order valence-electron chi connectivity index (χ4n) is 2.15. The van der Waals surface area contributed by atoms with E-state index in [0.717, 1.165) is 11.1 Å². The molecule has 0 unspecified atom stereocenters. The summed E-state index contributed by atoms with van der Waals surface area (Å²) in [6.07, 6.45) is 0. The highest BCUT2D eigenvalue weighted by Gasteiger charge is 2.28. The third-order valence-corrected chi connectivity index (χ3v) is 3.47. The normalized spacial score (nSPS) is 11.5. The van der Waals surface area contributed by atoms with E-state index in [0.29, 0.717) is 25.6 Å². The second-order valence-electron chi connectivity index (χ2n) is 6.55. The van der Waals surface area contributed by atoms with Crippen molar-refractivity contribution in [3.8, 4) is 17.4 Å². The van der Waals surface area contributed by atoms with Crippen LogP contribution in [-0.4, -0.2) is 40.5 Å². The molecular formula is C18H25N3O3. The Morgan fingerprint density at radius 3 is 2.54 bits per heavy atom. The Bertz CT molecular complexity index is 702. The average molecular weight is 331 g/mol. The van der Waals surface area contributed by atoms with Gasteiger partial charge in [-0.25, -0.2) is 0 Å². The maximum atomic E-state index is 12.7. The van der Waals surface area contributed by atoms with Gasteiger partial charge in [-0.15, -0.1) is 5.10 Å². The number of nitrogens with zero attached hydrogens (tertiary/aromatic N) is 3. The molecule has 1 heterocycles. The van der Waals surface area contributed by atoms with E-state index < -0.39 is 5.41 Å². The lowest BCUT2D eigenvalue weighted by atomic mass is 9.95. The van der Waals surface area contributed by atoms with Gasteiger partial charge in [0.15, 0.2) is 5.82 Å². The molecule has 0 aliphatic carbocycles. The largest absolute Gasteiger partial charge is 0.460 e. The summed E-state index contributed by atoms with van der Waals surface area (Å²) in [7, 11) is 0. The van der Waals surface area contributed by atoms with E-state index in [2.05, 4.69) is 10.1 Å². The molecule has 2 rings (SSSR count). The summed E-state index contributed by atoms with van der Waals surface area (Å²) >= 11 is 0. The first kappa shape index (κ1) is 18.1. The second kappa shape index (κ2) is 7.57. The van der Waals surface area contributed by atoms with Crippen molar-refractivity contribution >= 4 is 5.91 Å². The lowest BCUT2D eigenvalue weighted by molar-refractivity contribution is 0.0746. The molecule has 1 aromatic carbocycles. The molecule has 6 heteroatoms. The van der Waals surface area contributed by atoms with Crippen molar-refractivity contribution in [2.45, 2.75) is 34.6 Å². The van der Waals surface area contributed by atoms with Crippen molar-refractivity contribution in [3.63, 3.8) is 0 Å². The topological polar surface area (TPSA) is 66.2 Å². The molecule has 0 aliphatic heterocycles. The van der Waals surface area contributed by atoms with E-state index in [9.17, 15) is 4.79 Å². The third kappa shape index (κ3) is 4.20. The predicted molar refractivity (Wildman–Crippen MR) is 92.3 cm³/mol. The van der Waals surface area contributed by atoms with Gasteiger partial charge in [0.2, 0.25) is 0 Å². The van der Waals surface area contributed by atoms with Gasteiger partial charge in [-0.2, -0.15) is 9.67 Å². The van der Waals surface area contributed by atoms with Crippen molar-refractivity contribution in [2.75, 3.05) is 19.8 Å². The van der Waals surface area contributed by atoms with Crippen LogP contribution in [0.25, 0.3) is 11.4 Å². The summed E-state index contributed by atoms with van der Waals surface area (Å²) < 4.78 is 12.1. The van der Waals surface area contributed by atoms with E-state index in [4.69, 9.17) is 9.47 Å². The van der Waals surface area contributed by atoms with Gasteiger partial charge in [-0.1, -0.05) is 45.0 Å². The van der Waals surface area contributed by atoms with Crippen LogP contribution in [0.5, 0.6) is 6.01 Å². The highest BCUT2D eigenvalue weighted by atomic mass is 16.5. The molecule has 0 N–H and O–H groups in total. The number of benzene rings is 1. The van der Waals surface area contributed by atoms with Crippen LogP contribution in [0, 0.1) is 12.3 Å². The van der Waals surface area contributed by atoms with Crippen LogP contribution in [-0.2, 0) is 4.74 Å². The zero-order chi connectivity index (χ0) is 17.7. The molecule has 24 heavy (non-hydrogen) atoms. The van der Waals surface area contributed by atoms with Crippen LogP contribution in [0.3, 0.4) is 0 Å². The smallest absolute Gasteiger partial charge is 0.336 e. The third-order valence-electron chi connectivity index (χ3n) is 3.47. The Kier molecular flexibility index (Phi) is 5.72. The molecule has 0 bridgehead atoms. The lowest BCUT2D eigenvalue weighted by Crippen LogP contribution is -2.28. The van der Waals surface area contributed by atoms with Gasteiger partial charge >= 0.3 is 6.01 Å². The number of aromatic nitrogens is 3. The van der Waals surface area contributed by atoms with E-state index in [1.807, 2.05) is 58.9 Å². The summed E-state index contributed by atoms with van der Waals surface area (Å²) in [6.45, 7) is 10.9. The molecule has 6 nitrogen and oxygen atoms in total. The number of ether oxygens (including phenoxy) is 2. The van der Waals surface area contributed by atoms with Gasteiger partial charge in [0.1, 0.15) is 6.61 Å². The van der Waals surface area contributed by atoms with Crippen LogP contribution in [0.2, 0.25) is 0 Å². The Morgan fingerprint density at radius 1 is 1.21 bits per heavy atom. The Hall–Kier alpha value is -2.21. The molecule has 0 spiro atoms. The molecule has 0 aliphatic rings. The standard InChI is InChI=1S/C18H25N3O3/c1-6-23-11-12-24-17-19-15(14-10-8-7-9-13(14)2)21(20-17)16(22)18(3,4)5/h7-10H,6,11-12H2,1-5H3. The van der Waals surface area contributed by atoms with Crippen molar-refractivity contribution in [2.24, 2.45) is 5.41 Å². The molecule has 130 valence electrons. The van der Waals surface area contributed by atoms with Crippen LogP contribution in [0.4, 0.5) is 0 Å². The number of rotatable bonds is 6. The fourth-order valence-corrected chi connectivity index (χ4v) is 2.15. The van der Waals surface area contributed by atoms with Gasteiger partial charge in [0.05, 0.1) is 6.61 Å². The number of hydrogen-bond acceptors (Lipinski definition) is 5. The Balaban J connectivity index is 2.38. The number of aryl methyl sites for hydroxylation is 1. The quantitative estimate of drug-likeness (QED) is 0.759. The van der Waals surface area contributed by atoms with Crippen LogP contribution in [0.15, 0.2) is 24.3 Å². The van der Waals surface area contributed by atoms with Crippen LogP contribution < -0.4 is 4.74 Å². The molecule has 0 fully saturated rings. The van der Waals surface area contributed by atoms with Crippen molar-refractivity contribution in [1.29, 1.82) is 0 Å². The summed E-state index contributed by atoms with van der Waals surface area (Å²) in [5, 5.41) is 4.27. The minimum atomic E-state index is -0.576. The summed E-state index contributed by atoms with van der Waals surface area (Å²) in [5.41, 5.74) is 1.31. The zero-order valence-corrected chi connectivity index (χ0v) is 15.0. The van der Waals surface area contributed by atoms with Crippen molar-refractivity contribution < 1.29 is 14.3 Å². The minimum Gasteiger partial charge on any atom is -0.460 e. The van der Waals surface area contributed by atoms with E-state index in [1.54, 1.807) is 0 Å². The first-order valence-corrected chi connectivity index (χ1v) is 8.13. The van der Waals surface area contributed by atoms with Crippen LogP contribution in [0.1, 0.15) is 38.1 Å². The molecule has 0 amide bonds. The molecule has 0 atom stereocenters. The van der Waals surface area contributed by atoms with Crippen molar-refractivity contribution in [1.82, 2.24) is 14.8 Å². The van der Waals surface area contributed by atoms with Crippen molar-refractivity contribution in [3.05, 3.63) is 29.8 Å². The molecule has 0 saturated heterocycles. The number of hydrogen-bond donors (Lipinski definition) is 0. The van der Waals surface area contributed by atoms with Gasteiger partial charge in [0, 0.05) is 17.6 Å². The monoisotopic (exact) mass is 331 g/mol. The molecule has 0 saturated carbocycles. The average Bonchev–Trinajstić information content (AvgIpc) is 2.94. The summed E-state index contributed by atoms with van der Waals surface area (Å²) in [4.78, 5) is 17.2. The number of carbonyl (C=O) groups excluding carboxylic acids is 1. The first-order chi connectivity index (χ1) is 11.3. The Labute approximate surface area is 142 Å². The van der Waals surface area contributed by atoms with Gasteiger partial charge < -0.3 is 9.47 Å². The van der Waals surface area contributed by atoms with E-state index in [1.165, 1.54) is 4.68 Å². The highest BCUT2D eigenvalue weighted by Crippen LogP contribution is 2.26. The van der Waals surface area contributed by atoms with Gasteiger partial charge in [-0.05, 0) is 19.4 Å². The SMILES string of the molecule is CCOCCOc1nc(-c2ccccc2C)n(C(=O)C(C)(C)C)n1. The lowest BCUT2D eigenvalue weighted by Gasteiger charge is -2.17. The predicted octanol–water partition coefficient (Wildman–Crippen LogP) is 3.36. The molecule has 0 radical (unpaired) electrons. The second-order valence-corrected chi connectivity index (χ2v) is 6.55. The molecular weight excluding hydrogens is 306 g/mol. The van der Waals surface area contributed by atoms with E-state index >= 15 is 0 Å². The molecule has 2 aromatic rings. The Morgan fingerprint density at radius 2 is 1.92 bits per heavy atom. The highest BCUT2D eigenvalue weighted by molar-refractivity contribution is 5.86. The van der Waals surface area contributed by atoms with Gasteiger partial charge in [-0.3, -0.25) is 4.79 Å².